The molecule has 0 atom stereocenters. The molecule has 162 valence electrons. The first-order chi connectivity index (χ1) is 13.1. The van der Waals surface area contributed by atoms with Crippen LogP contribution in [0.2, 0.25) is 0 Å². The van der Waals surface area contributed by atoms with Gasteiger partial charge in [-0.25, -0.2) is 0 Å². The van der Waals surface area contributed by atoms with Gasteiger partial charge in [-0.1, -0.05) is 0 Å². The summed E-state index contributed by atoms with van der Waals surface area (Å²) in [5, 5.41) is 17.9. The number of likely N-dealkylation sites (tertiary alicyclic amines) is 2. The molecule has 4 N–H and O–H groups in total. The molecule has 2 fully saturated rings. The van der Waals surface area contributed by atoms with Crippen molar-refractivity contribution in [3.05, 3.63) is 0 Å². The number of carbonyl (C=O) groups is 4. The highest BCUT2D eigenvalue weighted by Gasteiger charge is 2.19. The van der Waals surface area contributed by atoms with Gasteiger partial charge in [0.2, 0.25) is 11.8 Å². The highest BCUT2D eigenvalue weighted by atomic mass is 16.4. The van der Waals surface area contributed by atoms with Crippen molar-refractivity contribution in [2.45, 2.75) is 39.5 Å². The first-order valence-corrected chi connectivity index (χ1v) is 9.45. The number of carboxylic acids is 2. The van der Waals surface area contributed by atoms with E-state index in [9.17, 15) is 9.59 Å². The molecule has 0 spiro atoms. The third kappa shape index (κ3) is 10.8. The number of carboxylic acid groups (broad SMARTS) is 2. The van der Waals surface area contributed by atoms with Gasteiger partial charge in [0, 0.05) is 40.0 Å². The third-order valence-electron chi connectivity index (χ3n) is 4.95. The Bertz CT molecular complexity index is 466. The highest BCUT2D eigenvalue weighted by molar-refractivity contribution is 6.25. The van der Waals surface area contributed by atoms with Crippen LogP contribution in [0.1, 0.15) is 39.5 Å². The van der Waals surface area contributed by atoms with Gasteiger partial charge in [0.05, 0.1) is 11.9 Å². The SMILES string of the molecule is CC(=O)N1CCC(CN)CC1.CC(=O)N1CCC(CN)CC1.O=C([O-])C(=O)[O-]. The molecule has 2 heterocycles. The van der Waals surface area contributed by atoms with Crippen molar-refractivity contribution in [3.8, 4) is 0 Å². The zero-order valence-corrected chi connectivity index (χ0v) is 16.7. The quantitative estimate of drug-likeness (QED) is 0.458. The fourth-order valence-electron chi connectivity index (χ4n) is 2.97. The van der Waals surface area contributed by atoms with E-state index in [2.05, 4.69) is 0 Å². The smallest absolute Gasteiger partial charge is 0.219 e. The molecule has 0 radical (unpaired) electrons. The number of nitrogens with zero attached hydrogens (tertiary/aromatic N) is 2. The van der Waals surface area contributed by atoms with E-state index in [4.69, 9.17) is 31.3 Å². The zero-order valence-electron chi connectivity index (χ0n) is 16.7. The number of carbonyl (C=O) groups excluding carboxylic acids is 4. The van der Waals surface area contributed by atoms with Gasteiger partial charge in [0.25, 0.3) is 0 Å². The Morgan fingerprint density at radius 3 is 1.11 bits per heavy atom. The number of hydrogen-bond acceptors (Lipinski definition) is 8. The van der Waals surface area contributed by atoms with Crippen LogP contribution in [0.25, 0.3) is 0 Å². The maximum absolute atomic E-state index is 10.9. The molecule has 10 nitrogen and oxygen atoms in total. The summed E-state index contributed by atoms with van der Waals surface area (Å²) in [5.74, 6) is -2.69. The van der Waals surface area contributed by atoms with E-state index in [1.54, 1.807) is 13.8 Å². The molecule has 0 aromatic heterocycles. The predicted octanol–water partition coefficient (Wildman–Crippen LogP) is -3.11. The van der Waals surface area contributed by atoms with Crippen LogP contribution >= 0.6 is 0 Å². The zero-order chi connectivity index (χ0) is 21.7. The Kier molecular flexibility index (Phi) is 12.8. The van der Waals surface area contributed by atoms with E-state index in [-0.39, 0.29) is 11.8 Å². The summed E-state index contributed by atoms with van der Waals surface area (Å²) < 4.78 is 0. The minimum atomic E-state index is -2.19. The van der Waals surface area contributed by atoms with Gasteiger partial charge >= 0.3 is 0 Å². The monoisotopic (exact) mass is 400 g/mol. The minimum absolute atomic E-state index is 0.195. The van der Waals surface area contributed by atoms with Crippen molar-refractivity contribution in [2.24, 2.45) is 23.3 Å². The average Bonchev–Trinajstić information content (AvgIpc) is 2.68. The summed E-state index contributed by atoms with van der Waals surface area (Å²) in [6.07, 6.45) is 4.32. The molecule has 2 saturated heterocycles. The fourth-order valence-corrected chi connectivity index (χ4v) is 2.97. The minimum Gasteiger partial charge on any atom is -0.543 e. The van der Waals surface area contributed by atoms with Crippen LogP contribution < -0.4 is 21.7 Å². The lowest BCUT2D eigenvalue weighted by molar-refractivity contribution is -0.345. The number of piperidine rings is 2. The number of amides is 2. The van der Waals surface area contributed by atoms with Crippen LogP contribution in [0.3, 0.4) is 0 Å². The summed E-state index contributed by atoms with van der Waals surface area (Å²) in [5.41, 5.74) is 11.0. The van der Waals surface area contributed by atoms with Gasteiger partial charge in [-0.15, -0.1) is 0 Å². The fraction of sp³-hybridized carbons (Fsp3) is 0.778. The molecule has 0 saturated carbocycles. The van der Waals surface area contributed by atoms with Crippen LogP contribution in [0.15, 0.2) is 0 Å². The first-order valence-electron chi connectivity index (χ1n) is 9.45. The molecular formula is C18H32N4O6-2. The molecular weight excluding hydrogens is 368 g/mol. The van der Waals surface area contributed by atoms with E-state index in [0.29, 0.717) is 11.8 Å². The van der Waals surface area contributed by atoms with Crippen LogP contribution in [-0.4, -0.2) is 72.8 Å². The second kappa shape index (κ2) is 13.9. The molecule has 0 unspecified atom stereocenters. The largest absolute Gasteiger partial charge is 0.543 e. The highest BCUT2D eigenvalue weighted by Crippen LogP contribution is 2.16. The molecule has 28 heavy (non-hydrogen) atoms. The Balaban J connectivity index is 0.000000411. The number of hydrogen-bond donors (Lipinski definition) is 2. The summed E-state index contributed by atoms with van der Waals surface area (Å²) in [6, 6.07) is 0. The lowest BCUT2D eigenvalue weighted by Crippen LogP contribution is -2.42. The van der Waals surface area contributed by atoms with Gasteiger partial charge in [-0.2, -0.15) is 0 Å². The molecule has 2 aliphatic rings. The van der Waals surface area contributed by atoms with E-state index in [1.165, 1.54) is 0 Å². The first kappa shape index (κ1) is 25.8. The standard InChI is InChI=1S/2C8H16N2O.C2H2O4/c2*1-7(11)10-4-2-8(6-9)3-5-10;3-1(4)2(5)6/h2*8H,2-6,9H2,1H3;(H,3,4)(H,5,6)/p-2. The van der Waals surface area contributed by atoms with Crippen LogP contribution in [0, 0.1) is 11.8 Å². The van der Waals surface area contributed by atoms with Crippen molar-refractivity contribution in [1.82, 2.24) is 9.80 Å². The summed E-state index contributed by atoms with van der Waals surface area (Å²) in [7, 11) is 0. The number of aliphatic carboxylic acids is 2. The Morgan fingerprint density at radius 2 is 0.964 bits per heavy atom. The predicted molar refractivity (Wildman–Crippen MR) is 98.1 cm³/mol. The topological polar surface area (TPSA) is 173 Å². The van der Waals surface area contributed by atoms with Gasteiger partial charge in [-0.05, 0) is 50.6 Å². The number of rotatable bonds is 2. The Labute approximate surface area is 165 Å². The Hall–Kier alpha value is -2.20. The van der Waals surface area contributed by atoms with E-state index in [1.807, 2.05) is 9.80 Å². The molecule has 0 bridgehead atoms. The van der Waals surface area contributed by atoms with Gasteiger partial charge < -0.3 is 41.1 Å². The summed E-state index contributed by atoms with van der Waals surface area (Å²) in [4.78, 5) is 43.4. The van der Waals surface area contributed by atoms with Crippen LogP contribution in [-0.2, 0) is 19.2 Å². The van der Waals surface area contributed by atoms with Crippen molar-refractivity contribution in [2.75, 3.05) is 39.3 Å². The molecule has 0 aromatic carbocycles. The molecule has 2 aliphatic heterocycles. The molecule has 10 heteroatoms. The second-order valence-electron chi connectivity index (χ2n) is 6.95. The van der Waals surface area contributed by atoms with E-state index >= 15 is 0 Å². The lowest BCUT2D eigenvalue weighted by atomic mass is 9.97. The van der Waals surface area contributed by atoms with Crippen LogP contribution in [0.4, 0.5) is 0 Å². The maximum Gasteiger partial charge on any atom is 0.219 e. The normalized spacial score (nSPS) is 17.6. The molecule has 0 aliphatic carbocycles. The van der Waals surface area contributed by atoms with Crippen molar-refractivity contribution in [1.29, 1.82) is 0 Å². The molecule has 0 aromatic rings. The molecule has 2 amide bonds. The third-order valence-corrected chi connectivity index (χ3v) is 4.95. The maximum atomic E-state index is 10.9. The van der Waals surface area contributed by atoms with Crippen molar-refractivity contribution in [3.63, 3.8) is 0 Å². The second-order valence-corrected chi connectivity index (χ2v) is 6.95. The molecule has 2 rings (SSSR count). The lowest BCUT2D eigenvalue weighted by Gasteiger charge is -2.30. The average molecular weight is 400 g/mol. The van der Waals surface area contributed by atoms with Gasteiger partial charge in [0.15, 0.2) is 0 Å². The van der Waals surface area contributed by atoms with Gasteiger partial charge in [-0.3, -0.25) is 9.59 Å². The summed E-state index contributed by atoms with van der Waals surface area (Å²) in [6.45, 7) is 8.39. The van der Waals surface area contributed by atoms with Crippen molar-refractivity contribution >= 4 is 23.8 Å². The van der Waals surface area contributed by atoms with E-state index < -0.39 is 11.9 Å². The summed E-state index contributed by atoms with van der Waals surface area (Å²) >= 11 is 0. The van der Waals surface area contributed by atoms with Crippen molar-refractivity contribution < 1.29 is 29.4 Å². The van der Waals surface area contributed by atoms with E-state index in [0.717, 1.165) is 65.0 Å². The number of nitrogens with two attached hydrogens (primary N) is 2. The van der Waals surface area contributed by atoms with Crippen LogP contribution in [0.5, 0.6) is 0 Å². The van der Waals surface area contributed by atoms with Gasteiger partial charge in [0.1, 0.15) is 0 Å². The Morgan fingerprint density at radius 1 is 0.714 bits per heavy atom.